The monoisotopic (exact) mass is 321 g/mol. The van der Waals surface area contributed by atoms with Gasteiger partial charge in [0.15, 0.2) is 5.78 Å². The Morgan fingerprint density at radius 1 is 1.21 bits per heavy atom. The molecule has 19 heavy (non-hydrogen) atoms. The fourth-order valence-electron chi connectivity index (χ4n) is 2.13. The third kappa shape index (κ3) is 2.54. The highest BCUT2D eigenvalue weighted by Gasteiger charge is 2.18. The lowest BCUT2D eigenvalue weighted by atomic mass is 9.94. The van der Waals surface area contributed by atoms with Gasteiger partial charge < -0.3 is 5.73 Å². The zero-order valence-electron chi connectivity index (χ0n) is 10.6. The van der Waals surface area contributed by atoms with Crippen LogP contribution in [0.15, 0.2) is 34.8 Å². The molecule has 2 rings (SSSR count). The number of hydrogen-bond acceptors (Lipinski definition) is 2. The van der Waals surface area contributed by atoms with E-state index in [1.807, 2.05) is 0 Å². The summed E-state index contributed by atoms with van der Waals surface area (Å²) in [6.45, 7) is 3.45. The number of benzene rings is 2. The molecule has 0 aromatic heterocycles. The van der Waals surface area contributed by atoms with Crippen molar-refractivity contribution in [1.29, 1.82) is 0 Å². The fourth-order valence-corrected chi connectivity index (χ4v) is 2.57. The Balaban J connectivity index is 2.60. The second kappa shape index (κ2) is 5.13. The average molecular weight is 322 g/mol. The molecule has 2 aromatic rings. The van der Waals surface area contributed by atoms with Crippen LogP contribution < -0.4 is 5.73 Å². The number of halogens is 2. The summed E-state index contributed by atoms with van der Waals surface area (Å²) in [5, 5.41) is 0. The highest BCUT2D eigenvalue weighted by atomic mass is 79.9. The molecule has 0 atom stereocenters. The Kier molecular flexibility index (Phi) is 3.71. The summed E-state index contributed by atoms with van der Waals surface area (Å²) in [6.07, 6.45) is 0. The quantitative estimate of drug-likeness (QED) is 0.670. The second-order valence-electron chi connectivity index (χ2n) is 4.45. The van der Waals surface area contributed by atoms with Gasteiger partial charge in [0.25, 0.3) is 0 Å². The highest BCUT2D eigenvalue weighted by molar-refractivity contribution is 9.10. The number of hydrogen-bond donors (Lipinski definition) is 1. The van der Waals surface area contributed by atoms with Crippen molar-refractivity contribution < 1.29 is 9.18 Å². The molecule has 0 heterocycles. The number of carbonyl (C=O) groups excluding carboxylic acids is 1. The lowest BCUT2D eigenvalue weighted by molar-refractivity contribution is 0.103. The van der Waals surface area contributed by atoms with E-state index in [-0.39, 0.29) is 11.6 Å². The first-order valence-corrected chi connectivity index (χ1v) is 6.56. The molecule has 2 N–H and O–H groups in total. The summed E-state index contributed by atoms with van der Waals surface area (Å²) in [5.74, 6) is -0.493. The number of nitrogens with two attached hydrogens (primary N) is 1. The van der Waals surface area contributed by atoms with Crippen LogP contribution in [-0.4, -0.2) is 5.78 Å². The maximum absolute atomic E-state index is 13.3. The van der Waals surface area contributed by atoms with Gasteiger partial charge in [0, 0.05) is 16.8 Å². The Morgan fingerprint density at radius 2 is 1.79 bits per heavy atom. The number of ketones is 1. The average Bonchev–Trinajstić information content (AvgIpc) is 2.31. The van der Waals surface area contributed by atoms with Crippen molar-refractivity contribution in [3.63, 3.8) is 0 Å². The third-order valence-corrected chi connectivity index (χ3v) is 3.88. The number of nitrogen functional groups attached to an aromatic ring is 1. The minimum absolute atomic E-state index is 0.158. The molecule has 0 saturated heterocycles. The first-order valence-electron chi connectivity index (χ1n) is 5.77. The van der Waals surface area contributed by atoms with E-state index >= 15 is 0 Å². The predicted molar refractivity (Wildman–Crippen MR) is 77.9 cm³/mol. The van der Waals surface area contributed by atoms with Gasteiger partial charge in [0.2, 0.25) is 0 Å². The van der Waals surface area contributed by atoms with Crippen LogP contribution in [0, 0.1) is 19.7 Å². The molecule has 0 saturated carbocycles. The lowest BCUT2D eigenvalue weighted by Crippen LogP contribution is -2.08. The van der Waals surface area contributed by atoms with Gasteiger partial charge in [-0.25, -0.2) is 4.39 Å². The van der Waals surface area contributed by atoms with Gasteiger partial charge in [-0.15, -0.1) is 0 Å². The molecule has 0 bridgehead atoms. The number of anilines is 1. The molecule has 0 aliphatic heterocycles. The zero-order chi connectivity index (χ0) is 14.2. The molecule has 0 unspecified atom stereocenters. The largest absolute Gasteiger partial charge is 0.398 e. The van der Waals surface area contributed by atoms with Crippen LogP contribution in [0.25, 0.3) is 0 Å². The zero-order valence-corrected chi connectivity index (χ0v) is 12.2. The van der Waals surface area contributed by atoms with E-state index in [0.717, 1.165) is 0 Å². The van der Waals surface area contributed by atoms with Gasteiger partial charge in [0.05, 0.1) is 4.47 Å². The Bertz CT molecular complexity index is 644. The molecule has 0 aliphatic carbocycles. The van der Waals surface area contributed by atoms with Crippen LogP contribution in [-0.2, 0) is 0 Å². The number of carbonyl (C=O) groups is 1. The molecule has 0 fully saturated rings. The van der Waals surface area contributed by atoms with Crippen LogP contribution in [0.3, 0.4) is 0 Å². The fraction of sp³-hybridized carbons (Fsp3) is 0.133. The summed E-state index contributed by atoms with van der Waals surface area (Å²) in [5.41, 5.74) is 8.53. The minimum Gasteiger partial charge on any atom is -0.398 e. The summed E-state index contributed by atoms with van der Waals surface area (Å²) >= 11 is 3.32. The molecule has 0 radical (unpaired) electrons. The van der Waals surface area contributed by atoms with Crippen molar-refractivity contribution in [2.45, 2.75) is 13.8 Å². The molecule has 2 nitrogen and oxygen atoms in total. The summed E-state index contributed by atoms with van der Waals surface area (Å²) in [4.78, 5) is 12.6. The van der Waals surface area contributed by atoms with Crippen LogP contribution >= 0.6 is 15.9 Å². The molecule has 0 spiro atoms. The molecule has 98 valence electrons. The molecule has 0 amide bonds. The SMILES string of the molecule is Cc1cc(F)cc(C)c1C(=O)c1cccc(N)c1Br. The van der Waals surface area contributed by atoms with Gasteiger partial charge in [-0.05, 0) is 65.2 Å². The van der Waals surface area contributed by atoms with Gasteiger partial charge >= 0.3 is 0 Å². The van der Waals surface area contributed by atoms with E-state index in [2.05, 4.69) is 15.9 Å². The Morgan fingerprint density at radius 3 is 2.37 bits per heavy atom. The molecular formula is C15H13BrFNO. The van der Waals surface area contributed by atoms with E-state index in [9.17, 15) is 9.18 Å². The van der Waals surface area contributed by atoms with Crippen LogP contribution in [0.5, 0.6) is 0 Å². The number of aryl methyl sites for hydroxylation is 2. The van der Waals surface area contributed by atoms with E-state index < -0.39 is 0 Å². The lowest BCUT2D eigenvalue weighted by Gasteiger charge is -2.11. The van der Waals surface area contributed by atoms with E-state index in [1.165, 1.54) is 12.1 Å². The van der Waals surface area contributed by atoms with Crippen LogP contribution in [0.4, 0.5) is 10.1 Å². The molecule has 4 heteroatoms. The molecule has 0 aliphatic rings. The van der Waals surface area contributed by atoms with Crippen molar-refractivity contribution in [3.05, 3.63) is 62.9 Å². The van der Waals surface area contributed by atoms with E-state index in [4.69, 9.17) is 5.73 Å². The highest BCUT2D eigenvalue weighted by Crippen LogP contribution is 2.28. The normalized spacial score (nSPS) is 10.5. The maximum atomic E-state index is 13.3. The smallest absolute Gasteiger partial charge is 0.194 e. The van der Waals surface area contributed by atoms with E-state index in [0.29, 0.717) is 32.4 Å². The topological polar surface area (TPSA) is 43.1 Å². The maximum Gasteiger partial charge on any atom is 0.194 e. The number of rotatable bonds is 2. The summed E-state index contributed by atoms with van der Waals surface area (Å²) in [6, 6.07) is 7.86. The van der Waals surface area contributed by atoms with E-state index in [1.54, 1.807) is 32.0 Å². The third-order valence-electron chi connectivity index (χ3n) is 3.00. The van der Waals surface area contributed by atoms with Crippen molar-refractivity contribution >= 4 is 27.4 Å². The van der Waals surface area contributed by atoms with Crippen molar-refractivity contribution in [2.24, 2.45) is 0 Å². The first-order chi connectivity index (χ1) is 8.91. The standard InChI is InChI=1S/C15H13BrFNO/c1-8-6-10(17)7-9(2)13(8)15(19)11-4-3-5-12(18)14(11)16/h3-7H,18H2,1-2H3. The van der Waals surface area contributed by atoms with Gasteiger partial charge in [-0.3, -0.25) is 4.79 Å². The van der Waals surface area contributed by atoms with Crippen molar-refractivity contribution in [2.75, 3.05) is 5.73 Å². The Hall–Kier alpha value is -1.68. The second-order valence-corrected chi connectivity index (χ2v) is 5.25. The first kappa shape index (κ1) is 13.7. The molecule has 2 aromatic carbocycles. The van der Waals surface area contributed by atoms with Crippen LogP contribution in [0.1, 0.15) is 27.0 Å². The minimum atomic E-state index is -0.335. The van der Waals surface area contributed by atoms with Crippen molar-refractivity contribution in [1.82, 2.24) is 0 Å². The predicted octanol–water partition coefficient (Wildman–Crippen LogP) is 4.02. The van der Waals surface area contributed by atoms with Gasteiger partial charge in [-0.1, -0.05) is 6.07 Å². The molecular weight excluding hydrogens is 309 g/mol. The Labute approximate surface area is 119 Å². The van der Waals surface area contributed by atoms with Crippen molar-refractivity contribution in [3.8, 4) is 0 Å². The van der Waals surface area contributed by atoms with Gasteiger partial charge in [0.1, 0.15) is 5.82 Å². The van der Waals surface area contributed by atoms with Gasteiger partial charge in [-0.2, -0.15) is 0 Å². The summed E-state index contributed by atoms with van der Waals surface area (Å²) in [7, 11) is 0. The van der Waals surface area contributed by atoms with Crippen LogP contribution in [0.2, 0.25) is 0 Å². The summed E-state index contributed by atoms with van der Waals surface area (Å²) < 4.78 is 13.8.